The first-order valence-electron chi connectivity index (χ1n) is 13.2. The minimum atomic E-state index is 0.0774. The van der Waals surface area contributed by atoms with Crippen molar-refractivity contribution in [3.05, 3.63) is 108 Å². The number of carbonyl (C=O) groups is 1. The van der Waals surface area contributed by atoms with Gasteiger partial charge in [0.05, 0.1) is 26.3 Å². The number of benzene rings is 2. The summed E-state index contributed by atoms with van der Waals surface area (Å²) in [5, 5.41) is 0. The lowest BCUT2D eigenvalue weighted by Gasteiger charge is -2.37. The number of methoxy groups -OCH3 is 2. The second kappa shape index (κ2) is 11.9. The van der Waals surface area contributed by atoms with Crippen LogP contribution in [0.1, 0.15) is 17.8 Å². The minimum absolute atomic E-state index is 0.0774. The number of hydrogen-bond acceptors (Lipinski definition) is 5. The molecule has 1 fully saturated rings. The van der Waals surface area contributed by atoms with Crippen LogP contribution in [0.2, 0.25) is 0 Å². The lowest BCUT2D eigenvalue weighted by Crippen LogP contribution is -2.48. The summed E-state index contributed by atoms with van der Waals surface area (Å²) < 4.78 is 12.9. The van der Waals surface area contributed by atoms with Crippen molar-refractivity contribution in [2.24, 2.45) is 0 Å². The molecule has 1 aromatic heterocycles. The second-order valence-corrected chi connectivity index (χ2v) is 9.53. The topological polar surface area (TPSA) is 59.8 Å². The van der Waals surface area contributed by atoms with E-state index in [-0.39, 0.29) is 12.3 Å². The van der Waals surface area contributed by atoms with E-state index in [1.165, 1.54) is 5.70 Å². The Morgan fingerprint density at radius 3 is 2.56 bits per heavy atom. The molecule has 3 aromatic rings. The van der Waals surface area contributed by atoms with Gasteiger partial charge in [0.2, 0.25) is 5.91 Å². The van der Waals surface area contributed by atoms with Gasteiger partial charge in [-0.25, -0.2) is 4.98 Å². The maximum Gasteiger partial charge on any atom is 0.230 e. The number of hydrogen-bond donors (Lipinski definition) is 0. The van der Waals surface area contributed by atoms with E-state index in [1.807, 2.05) is 82.4 Å². The third-order valence-corrected chi connectivity index (χ3v) is 7.17. The lowest BCUT2D eigenvalue weighted by molar-refractivity contribution is -0.132. The van der Waals surface area contributed by atoms with E-state index >= 15 is 0 Å². The summed E-state index contributed by atoms with van der Waals surface area (Å²) in [5.74, 6) is 2.39. The zero-order chi connectivity index (χ0) is 27.2. The van der Waals surface area contributed by atoms with Gasteiger partial charge < -0.3 is 23.8 Å². The van der Waals surface area contributed by atoms with Crippen LogP contribution in [0, 0.1) is 0 Å². The summed E-state index contributed by atoms with van der Waals surface area (Å²) >= 11 is 0. The Hall–Kier alpha value is -4.52. The fourth-order valence-corrected chi connectivity index (χ4v) is 4.92. The molecule has 0 spiro atoms. The molecule has 200 valence electrons. The average molecular weight is 523 g/mol. The fraction of sp³-hybridized carbons (Fsp3) is 0.250. The first-order chi connectivity index (χ1) is 19.1. The maximum atomic E-state index is 13.5. The molecule has 0 N–H and O–H groups in total. The molecule has 7 nitrogen and oxygen atoms in total. The van der Waals surface area contributed by atoms with Gasteiger partial charge in [-0.15, -0.1) is 0 Å². The third-order valence-electron chi connectivity index (χ3n) is 7.17. The molecule has 0 bridgehead atoms. The molecule has 1 saturated heterocycles. The van der Waals surface area contributed by atoms with Crippen molar-refractivity contribution in [3.8, 4) is 22.7 Å². The number of imidazole rings is 1. The third kappa shape index (κ3) is 5.98. The van der Waals surface area contributed by atoms with Crippen LogP contribution in [0.3, 0.4) is 0 Å². The number of amides is 1. The van der Waals surface area contributed by atoms with Gasteiger partial charge in [0.1, 0.15) is 17.3 Å². The molecule has 1 amide bonds. The largest absolute Gasteiger partial charge is 0.497 e. The highest BCUT2D eigenvalue weighted by Gasteiger charge is 2.24. The first kappa shape index (κ1) is 26.1. The molecule has 5 rings (SSSR count). The van der Waals surface area contributed by atoms with Gasteiger partial charge in [-0.1, -0.05) is 49.1 Å². The van der Waals surface area contributed by atoms with E-state index in [4.69, 9.17) is 14.5 Å². The van der Waals surface area contributed by atoms with Gasteiger partial charge in [-0.3, -0.25) is 4.79 Å². The normalized spacial score (nSPS) is 15.3. The van der Waals surface area contributed by atoms with E-state index in [1.54, 1.807) is 14.2 Å². The van der Waals surface area contributed by atoms with Gasteiger partial charge in [0.15, 0.2) is 0 Å². The Kier molecular flexibility index (Phi) is 7.96. The van der Waals surface area contributed by atoms with Gasteiger partial charge >= 0.3 is 0 Å². The highest BCUT2D eigenvalue weighted by atomic mass is 16.5. The smallest absolute Gasteiger partial charge is 0.230 e. The molecule has 2 aromatic carbocycles. The molecule has 39 heavy (non-hydrogen) atoms. The highest BCUT2D eigenvalue weighted by molar-refractivity contribution is 5.79. The quantitative estimate of drug-likeness (QED) is 0.404. The zero-order valence-corrected chi connectivity index (χ0v) is 22.5. The number of nitrogens with zero attached hydrogens (tertiary/aromatic N) is 4. The summed E-state index contributed by atoms with van der Waals surface area (Å²) in [5.41, 5.74) is 4.93. The van der Waals surface area contributed by atoms with E-state index in [9.17, 15) is 4.79 Å². The van der Waals surface area contributed by atoms with E-state index < -0.39 is 0 Å². The molecule has 1 aliphatic carbocycles. The molecule has 7 heteroatoms. The number of rotatable bonds is 8. The Balaban J connectivity index is 1.34. The van der Waals surface area contributed by atoms with Crippen LogP contribution >= 0.6 is 0 Å². The van der Waals surface area contributed by atoms with Crippen molar-refractivity contribution in [1.82, 2.24) is 19.4 Å². The van der Waals surface area contributed by atoms with Crippen molar-refractivity contribution < 1.29 is 14.3 Å². The van der Waals surface area contributed by atoms with Crippen LogP contribution < -0.4 is 4.74 Å². The average Bonchev–Trinajstić information content (AvgIpc) is 3.25. The molecular formula is C32H34N4O3. The summed E-state index contributed by atoms with van der Waals surface area (Å²) in [6.45, 7) is 6.76. The Labute approximate surface area is 230 Å². The summed E-state index contributed by atoms with van der Waals surface area (Å²) in [6, 6.07) is 15.9. The summed E-state index contributed by atoms with van der Waals surface area (Å²) in [4.78, 5) is 22.7. The Morgan fingerprint density at radius 2 is 1.85 bits per heavy atom. The number of aromatic nitrogens is 2. The number of carbonyl (C=O) groups excluding carboxylic acids is 1. The van der Waals surface area contributed by atoms with Gasteiger partial charge in [-0.2, -0.15) is 0 Å². The molecule has 2 aliphatic rings. The predicted octanol–water partition coefficient (Wildman–Crippen LogP) is 5.25. The van der Waals surface area contributed by atoms with Crippen LogP contribution in [-0.4, -0.2) is 65.7 Å². The van der Waals surface area contributed by atoms with Crippen LogP contribution in [-0.2, 0) is 16.0 Å². The summed E-state index contributed by atoms with van der Waals surface area (Å²) in [6.07, 6.45) is 13.1. The molecule has 0 radical (unpaired) electrons. The predicted molar refractivity (Wildman–Crippen MR) is 154 cm³/mol. The van der Waals surface area contributed by atoms with Crippen LogP contribution in [0.4, 0.5) is 0 Å². The van der Waals surface area contributed by atoms with Gasteiger partial charge in [-0.05, 0) is 42.0 Å². The van der Waals surface area contributed by atoms with Crippen molar-refractivity contribution in [1.29, 1.82) is 0 Å². The standard InChI is InChI=1S/C32H34N4O3/c1-4-24-12-14-26(15-13-24)36-23-30(25-8-7-11-28(20-25)38-2)33-31(36)22-32(37)35-18-16-34(17-19-35)27-9-5-6-10-29(21-27)39-3/h4-8,10-15,20-21,23H,1,9,16-19,22H2,2-3H3. The Morgan fingerprint density at radius 1 is 1.05 bits per heavy atom. The zero-order valence-electron chi connectivity index (χ0n) is 22.5. The maximum absolute atomic E-state index is 13.5. The van der Waals surface area contributed by atoms with E-state index in [0.29, 0.717) is 18.9 Å². The monoisotopic (exact) mass is 522 g/mol. The molecular weight excluding hydrogens is 488 g/mol. The van der Waals surface area contributed by atoms with Gasteiger partial charge in [0.25, 0.3) is 0 Å². The summed E-state index contributed by atoms with van der Waals surface area (Å²) in [7, 11) is 3.34. The minimum Gasteiger partial charge on any atom is -0.497 e. The molecule has 2 heterocycles. The van der Waals surface area contributed by atoms with Gasteiger partial charge in [0, 0.05) is 55.7 Å². The first-order valence-corrected chi connectivity index (χ1v) is 13.2. The van der Waals surface area contributed by atoms with E-state index in [2.05, 4.69) is 23.6 Å². The number of allylic oxidation sites excluding steroid dienone is 4. The number of piperazine rings is 1. The lowest BCUT2D eigenvalue weighted by atomic mass is 10.1. The highest BCUT2D eigenvalue weighted by Crippen LogP contribution is 2.26. The van der Waals surface area contributed by atoms with E-state index in [0.717, 1.165) is 53.5 Å². The molecule has 1 aliphatic heterocycles. The van der Waals surface area contributed by atoms with Crippen molar-refractivity contribution >= 4 is 12.0 Å². The SMILES string of the molecule is C=Cc1ccc(-n2cc(-c3cccc(OC)c3)nc2CC(=O)N2CCN(C3=CC(OC)=CC=CC3)CC2)cc1. The number of ether oxygens (including phenoxy) is 2. The van der Waals surface area contributed by atoms with Crippen molar-refractivity contribution in [3.63, 3.8) is 0 Å². The fourth-order valence-electron chi connectivity index (χ4n) is 4.92. The van der Waals surface area contributed by atoms with Crippen molar-refractivity contribution in [2.45, 2.75) is 12.8 Å². The molecule has 0 atom stereocenters. The second-order valence-electron chi connectivity index (χ2n) is 9.53. The van der Waals surface area contributed by atoms with Crippen LogP contribution in [0.25, 0.3) is 23.0 Å². The van der Waals surface area contributed by atoms with Crippen LogP contribution in [0.5, 0.6) is 5.75 Å². The molecule has 0 saturated carbocycles. The molecule has 0 unspecified atom stereocenters. The van der Waals surface area contributed by atoms with Crippen molar-refractivity contribution in [2.75, 3.05) is 40.4 Å². The van der Waals surface area contributed by atoms with Crippen LogP contribution in [0.15, 0.2) is 97.1 Å². The Bertz CT molecular complexity index is 1420.